The number of aromatic nitrogens is 1. The van der Waals surface area contributed by atoms with Crippen molar-refractivity contribution in [3.05, 3.63) is 133 Å². The standard InChI is InChI=1S/C40H43N4O/c1-39(2,3)29-19-20-36-37(23-29)44(27-43(36,7)28-44)33-16-12-18-35(26-33)45-34-17-11-15-32(25-34)42(31-13-9-8-10-14-31)38-24-30(21-22-41-38)40(4,5)6/h8-27H,28H2,1-7H3/q+1/t43-,44+/m0/s1. The van der Waals surface area contributed by atoms with Gasteiger partial charge in [0, 0.05) is 36.1 Å². The minimum absolute atomic E-state index is 0.0103. The Hall–Kier alpha value is -4.45. The molecule has 3 aliphatic heterocycles. The average Bonchev–Trinajstić information content (AvgIpc) is 3.40. The van der Waals surface area contributed by atoms with E-state index in [2.05, 4.69) is 151 Å². The van der Waals surface area contributed by atoms with Gasteiger partial charge in [0.05, 0.1) is 19.4 Å². The molecule has 3 aliphatic rings. The predicted octanol–water partition coefficient (Wildman–Crippen LogP) is 10.6. The monoisotopic (exact) mass is 595 g/mol. The van der Waals surface area contributed by atoms with Crippen LogP contribution in [0.25, 0.3) is 0 Å². The van der Waals surface area contributed by atoms with Gasteiger partial charge in [-0.1, -0.05) is 77.9 Å². The Kier molecular flexibility index (Phi) is 6.70. The highest BCUT2D eigenvalue weighted by atomic mass is 16.5. The maximum atomic E-state index is 6.60. The molecule has 45 heavy (non-hydrogen) atoms. The smallest absolute Gasteiger partial charge is 0.181 e. The van der Waals surface area contributed by atoms with Crippen molar-refractivity contribution in [1.82, 2.24) is 14.0 Å². The molecule has 0 saturated carbocycles. The van der Waals surface area contributed by atoms with E-state index in [1.165, 1.54) is 28.2 Å². The zero-order valence-corrected chi connectivity index (χ0v) is 27.5. The van der Waals surface area contributed by atoms with Gasteiger partial charge in [0.25, 0.3) is 0 Å². The summed E-state index contributed by atoms with van der Waals surface area (Å²) < 4.78 is 8.19. The molecule has 0 unspecified atom stereocenters. The Bertz CT molecular complexity index is 1880. The maximum absolute atomic E-state index is 6.60. The van der Waals surface area contributed by atoms with Crippen molar-refractivity contribution in [2.75, 3.05) is 18.6 Å². The van der Waals surface area contributed by atoms with Crippen LogP contribution in [0.3, 0.4) is 0 Å². The molecule has 5 nitrogen and oxygen atoms in total. The van der Waals surface area contributed by atoms with Crippen LogP contribution in [0.15, 0.2) is 115 Å². The normalized spacial score (nSPS) is 20.3. The van der Waals surface area contributed by atoms with Gasteiger partial charge in [-0.25, -0.2) is 4.98 Å². The molecule has 0 amide bonds. The van der Waals surface area contributed by atoms with Crippen molar-refractivity contribution in [3.8, 4) is 11.5 Å². The third-order valence-corrected chi connectivity index (χ3v) is 9.24. The first-order valence-electron chi connectivity index (χ1n) is 15.8. The van der Waals surface area contributed by atoms with Crippen LogP contribution >= 0.6 is 0 Å². The van der Waals surface area contributed by atoms with Gasteiger partial charge in [-0.2, -0.15) is 0 Å². The molecule has 2 atom stereocenters. The van der Waals surface area contributed by atoms with Crippen molar-refractivity contribution in [1.29, 1.82) is 0 Å². The van der Waals surface area contributed by atoms with Gasteiger partial charge in [-0.3, -0.25) is 9.38 Å². The molecule has 228 valence electrons. The lowest BCUT2D eigenvalue weighted by Crippen LogP contribution is -2.68. The van der Waals surface area contributed by atoms with Crippen LogP contribution in [-0.2, 0) is 10.8 Å². The van der Waals surface area contributed by atoms with E-state index in [4.69, 9.17) is 9.72 Å². The number of hydrogen-bond acceptors (Lipinski definition) is 3. The molecular weight excluding hydrogens is 552 g/mol. The van der Waals surface area contributed by atoms with E-state index < -0.39 is 0 Å². The van der Waals surface area contributed by atoms with Crippen LogP contribution in [0.1, 0.15) is 52.7 Å². The lowest BCUT2D eigenvalue weighted by molar-refractivity contribution is 0.157. The number of rotatable bonds is 6. The van der Waals surface area contributed by atoms with Crippen LogP contribution in [0.4, 0.5) is 34.3 Å². The highest BCUT2D eigenvalue weighted by Gasteiger charge is 2.59. The Balaban J connectivity index is 1.23. The van der Waals surface area contributed by atoms with Gasteiger partial charge < -0.3 is 9.22 Å². The molecule has 1 aromatic heterocycles. The molecule has 4 aromatic carbocycles. The first-order valence-corrected chi connectivity index (χ1v) is 15.8. The van der Waals surface area contributed by atoms with E-state index >= 15 is 0 Å². The van der Waals surface area contributed by atoms with Crippen molar-refractivity contribution >= 4 is 34.3 Å². The summed E-state index contributed by atoms with van der Waals surface area (Å²) >= 11 is 0. The lowest BCUT2D eigenvalue weighted by Gasteiger charge is -2.54. The van der Waals surface area contributed by atoms with Gasteiger partial charge in [0.15, 0.2) is 18.0 Å². The van der Waals surface area contributed by atoms with E-state index in [9.17, 15) is 0 Å². The Labute approximate surface area is 268 Å². The van der Waals surface area contributed by atoms with Crippen molar-refractivity contribution in [3.63, 3.8) is 0 Å². The highest BCUT2D eigenvalue weighted by Crippen LogP contribution is 2.61. The number of nitrogens with zero attached hydrogens (tertiary/aromatic N) is 4. The SMILES string of the molecule is CC(C)(C)c1ccnc(N(c2ccccc2)c2cccc(Oc3cccc([N@@+]45[CH-][N@@+](C)(C4)c4ccc(C(C)(C)C)cc45)c3)c2)c1. The third kappa shape index (κ3) is 5.10. The van der Waals surface area contributed by atoms with Gasteiger partial charge in [0.1, 0.15) is 23.0 Å². The van der Waals surface area contributed by atoms with Crippen molar-refractivity contribution in [2.45, 2.75) is 52.4 Å². The summed E-state index contributed by atoms with van der Waals surface area (Å²) in [5, 5.41) is 0. The molecule has 0 spiro atoms. The van der Waals surface area contributed by atoms with Crippen LogP contribution in [-0.4, -0.2) is 18.7 Å². The summed E-state index contributed by atoms with van der Waals surface area (Å²) in [4.78, 5) is 7.00. The summed E-state index contributed by atoms with van der Waals surface area (Å²) in [6.07, 6.45) is 1.90. The van der Waals surface area contributed by atoms with Gasteiger partial charge in [-0.05, 0) is 70.5 Å². The minimum atomic E-state index is 0.0103. The lowest BCUT2D eigenvalue weighted by atomic mass is 9.86. The Morgan fingerprint density at radius 1 is 0.667 bits per heavy atom. The topological polar surface area (TPSA) is 25.4 Å². The first-order chi connectivity index (χ1) is 21.4. The number of anilines is 3. The fourth-order valence-corrected chi connectivity index (χ4v) is 6.80. The quantitative estimate of drug-likeness (QED) is 0.144. The van der Waals surface area contributed by atoms with E-state index in [1.807, 2.05) is 24.4 Å². The summed E-state index contributed by atoms with van der Waals surface area (Å²) in [5.74, 6) is 2.48. The summed E-state index contributed by atoms with van der Waals surface area (Å²) in [6.45, 7) is 17.0. The number of quaternary nitrogens is 2. The molecular formula is C40H43N4O+. The number of ether oxygens (including phenoxy) is 1. The number of pyridine rings is 1. The molecule has 2 bridgehead atoms. The van der Waals surface area contributed by atoms with Gasteiger partial charge >= 0.3 is 0 Å². The van der Waals surface area contributed by atoms with Crippen LogP contribution in [0.2, 0.25) is 0 Å². The second kappa shape index (κ2) is 10.3. The van der Waals surface area contributed by atoms with Crippen LogP contribution < -0.4 is 18.6 Å². The zero-order chi connectivity index (χ0) is 31.6. The fraction of sp³-hybridized carbons (Fsp3) is 0.250. The van der Waals surface area contributed by atoms with Gasteiger partial charge in [0.2, 0.25) is 0 Å². The molecule has 5 aromatic rings. The first kappa shape index (κ1) is 29.3. The highest BCUT2D eigenvalue weighted by molar-refractivity contribution is 5.84. The zero-order valence-electron chi connectivity index (χ0n) is 27.5. The number of hydrogen-bond donors (Lipinski definition) is 0. The average molecular weight is 596 g/mol. The molecule has 5 heteroatoms. The van der Waals surface area contributed by atoms with E-state index in [1.54, 1.807) is 0 Å². The summed E-state index contributed by atoms with van der Waals surface area (Å²) in [7, 11) is 2.30. The maximum Gasteiger partial charge on any atom is 0.181 e. The molecule has 4 heterocycles. The van der Waals surface area contributed by atoms with Crippen molar-refractivity contribution < 1.29 is 4.74 Å². The Morgan fingerprint density at radius 3 is 2.02 bits per heavy atom. The molecule has 0 N–H and O–H groups in total. The molecule has 1 fully saturated rings. The van der Waals surface area contributed by atoms with Crippen LogP contribution in [0, 0.1) is 6.67 Å². The van der Waals surface area contributed by atoms with Crippen LogP contribution in [0.5, 0.6) is 11.5 Å². The fourth-order valence-electron chi connectivity index (χ4n) is 6.80. The van der Waals surface area contributed by atoms with Gasteiger partial charge in [-0.15, -0.1) is 0 Å². The third-order valence-electron chi connectivity index (χ3n) is 9.24. The largest absolute Gasteiger partial charge is 0.457 e. The van der Waals surface area contributed by atoms with E-state index in [0.717, 1.165) is 44.3 Å². The molecule has 0 aliphatic carbocycles. The molecule has 0 radical (unpaired) electrons. The second-order valence-corrected chi connectivity index (χ2v) is 14.8. The molecule has 1 saturated heterocycles. The summed E-state index contributed by atoms with van der Waals surface area (Å²) in [6, 6.07) is 38.6. The van der Waals surface area contributed by atoms with E-state index in [0.29, 0.717) is 0 Å². The second-order valence-electron chi connectivity index (χ2n) is 14.8. The number of benzene rings is 4. The minimum Gasteiger partial charge on any atom is -0.457 e. The summed E-state index contributed by atoms with van der Waals surface area (Å²) in [5.41, 5.74) is 8.70. The van der Waals surface area contributed by atoms with Crippen molar-refractivity contribution in [2.24, 2.45) is 0 Å². The molecule has 8 rings (SSSR count). The number of para-hydroxylation sites is 1. The Morgan fingerprint density at radius 2 is 1.31 bits per heavy atom. The predicted molar refractivity (Wildman–Crippen MR) is 188 cm³/mol. The van der Waals surface area contributed by atoms with E-state index in [-0.39, 0.29) is 10.8 Å².